The highest BCUT2D eigenvalue weighted by molar-refractivity contribution is 5.99. The number of hydrogen-bond acceptors (Lipinski definition) is 2. The summed E-state index contributed by atoms with van der Waals surface area (Å²) in [4.78, 5) is 26.5. The van der Waals surface area contributed by atoms with Gasteiger partial charge in [-0.2, -0.15) is 0 Å². The van der Waals surface area contributed by atoms with Crippen LogP contribution in [0.1, 0.15) is 33.6 Å². The van der Waals surface area contributed by atoms with E-state index < -0.39 is 17.5 Å². The highest BCUT2D eigenvalue weighted by Gasteiger charge is 2.30. The van der Waals surface area contributed by atoms with Gasteiger partial charge in [0.25, 0.3) is 5.91 Å². The SMILES string of the molecule is O=C(c1ccccc1)C1CCCN(C(=O)c2cccc(F)c2F)C1. The third-order valence-electron chi connectivity index (χ3n) is 4.32. The Hall–Kier alpha value is -2.56. The van der Waals surface area contributed by atoms with Crippen molar-refractivity contribution in [3.63, 3.8) is 0 Å². The number of likely N-dealkylation sites (tertiary alicyclic amines) is 1. The fourth-order valence-electron chi connectivity index (χ4n) is 3.05. The number of nitrogens with zero attached hydrogens (tertiary/aromatic N) is 1. The van der Waals surface area contributed by atoms with Crippen LogP contribution in [0.5, 0.6) is 0 Å². The van der Waals surface area contributed by atoms with Crippen LogP contribution in [0.25, 0.3) is 0 Å². The number of Topliss-reactive ketones (excluding diaryl/α,β-unsaturated/α-hetero) is 1. The molecule has 2 aromatic rings. The molecule has 1 saturated heterocycles. The van der Waals surface area contributed by atoms with Crippen molar-refractivity contribution in [2.75, 3.05) is 13.1 Å². The van der Waals surface area contributed by atoms with E-state index in [1.54, 1.807) is 24.3 Å². The molecule has 1 aliphatic rings. The predicted molar refractivity (Wildman–Crippen MR) is 85.8 cm³/mol. The Bertz CT molecular complexity index is 761. The van der Waals surface area contributed by atoms with Crippen LogP contribution in [-0.2, 0) is 0 Å². The molecule has 1 atom stereocenters. The molecule has 0 bridgehead atoms. The van der Waals surface area contributed by atoms with Crippen LogP contribution >= 0.6 is 0 Å². The smallest absolute Gasteiger partial charge is 0.256 e. The molecular formula is C19H17F2NO2. The Morgan fingerprint density at radius 3 is 2.50 bits per heavy atom. The largest absolute Gasteiger partial charge is 0.338 e. The van der Waals surface area contributed by atoms with Crippen molar-refractivity contribution < 1.29 is 18.4 Å². The van der Waals surface area contributed by atoms with Crippen LogP contribution < -0.4 is 0 Å². The third-order valence-corrected chi connectivity index (χ3v) is 4.32. The molecule has 124 valence electrons. The second-order valence-corrected chi connectivity index (χ2v) is 5.92. The lowest BCUT2D eigenvalue weighted by atomic mass is 9.89. The minimum Gasteiger partial charge on any atom is -0.338 e. The number of halogens is 2. The fraction of sp³-hybridized carbons (Fsp3) is 0.263. The highest BCUT2D eigenvalue weighted by Crippen LogP contribution is 2.23. The van der Waals surface area contributed by atoms with Gasteiger partial charge < -0.3 is 4.90 Å². The summed E-state index contributed by atoms with van der Waals surface area (Å²) < 4.78 is 27.2. The molecule has 0 saturated carbocycles. The van der Waals surface area contributed by atoms with Gasteiger partial charge in [-0.05, 0) is 25.0 Å². The van der Waals surface area contributed by atoms with E-state index in [0.717, 1.165) is 6.07 Å². The molecular weight excluding hydrogens is 312 g/mol. The van der Waals surface area contributed by atoms with Gasteiger partial charge in [0.2, 0.25) is 0 Å². The second-order valence-electron chi connectivity index (χ2n) is 5.92. The molecule has 2 aromatic carbocycles. The van der Waals surface area contributed by atoms with E-state index in [1.807, 2.05) is 6.07 Å². The van der Waals surface area contributed by atoms with Crippen molar-refractivity contribution in [3.05, 3.63) is 71.3 Å². The molecule has 0 spiro atoms. The number of amides is 1. The van der Waals surface area contributed by atoms with Gasteiger partial charge in [-0.15, -0.1) is 0 Å². The maximum Gasteiger partial charge on any atom is 0.256 e. The summed E-state index contributed by atoms with van der Waals surface area (Å²) in [5.74, 6) is -3.10. The first kappa shape index (κ1) is 16.3. The van der Waals surface area contributed by atoms with Gasteiger partial charge in [-0.25, -0.2) is 8.78 Å². The molecule has 1 amide bonds. The van der Waals surface area contributed by atoms with E-state index in [9.17, 15) is 18.4 Å². The standard InChI is InChI=1S/C19H17F2NO2/c20-16-10-4-9-15(17(16)21)19(24)22-11-5-8-14(12-22)18(23)13-6-2-1-3-7-13/h1-4,6-7,9-10,14H,5,8,11-12H2. The third kappa shape index (κ3) is 3.20. The summed E-state index contributed by atoms with van der Waals surface area (Å²) in [6, 6.07) is 12.5. The van der Waals surface area contributed by atoms with Crippen molar-refractivity contribution >= 4 is 11.7 Å². The summed E-state index contributed by atoms with van der Waals surface area (Å²) >= 11 is 0. The van der Waals surface area contributed by atoms with Gasteiger partial charge in [0, 0.05) is 24.6 Å². The van der Waals surface area contributed by atoms with Crippen LogP contribution in [0.15, 0.2) is 48.5 Å². The Labute approximate surface area is 138 Å². The first-order chi connectivity index (χ1) is 11.6. The maximum atomic E-state index is 13.8. The molecule has 0 radical (unpaired) electrons. The van der Waals surface area contributed by atoms with Crippen molar-refractivity contribution in [2.24, 2.45) is 5.92 Å². The number of rotatable bonds is 3. The van der Waals surface area contributed by atoms with E-state index >= 15 is 0 Å². The normalized spacial score (nSPS) is 17.6. The van der Waals surface area contributed by atoms with Gasteiger partial charge in [0.1, 0.15) is 0 Å². The zero-order chi connectivity index (χ0) is 17.1. The number of carbonyl (C=O) groups excluding carboxylic acids is 2. The lowest BCUT2D eigenvalue weighted by Crippen LogP contribution is -2.42. The maximum absolute atomic E-state index is 13.8. The monoisotopic (exact) mass is 329 g/mol. The van der Waals surface area contributed by atoms with E-state index in [-0.39, 0.29) is 23.8 Å². The second kappa shape index (κ2) is 6.91. The minimum atomic E-state index is -1.14. The number of benzene rings is 2. The first-order valence-electron chi connectivity index (χ1n) is 7.90. The molecule has 3 nitrogen and oxygen atoms in total. The van der Waals surface area contributed by atoms with Gasteiger partial charge in [0.15, 0.2) is 17.4 Å². The van der Waals surface area contributed by atoms with E-state index in [1.165, 1.54) is 17.0 Å². The number of carbonyl (C=O) groups is 2. The number of ketones is 1. The average molecular weight is 329 g/mol. The molecule has 24 heavy (non-hydrogen) atoms. The first-order valence-corrected chi connectivity index (χ1v) is 7.90. The molecule has 1 fully saturated rings. The zero-order valence-corrected chi connectivity index (χ0v) is 13.0. The van der Waals surface area contributed by atoms with Gasteiger partial charge in [-0.1, -0.05) is 36.4 Å². The molecule has 3 rings (SSSR count). The van der Waals surface area contributed by atoms with Gasteiger partial charge >= 0.3 is 0 Å². The van der Waals surface area contributed by atoms with Gasteiger partial charge in [-0.3, -0.25) is 9.59 Å². The summed E-state index contributed by atoms with van der Waals surface area (Å²) in [6.45, 7) is 0.663. The van der Waals surface area contributed by atoms with Crippen molar-refractivity contribution in [1.82, 2.24) is 4.90 Å². The average Bonchev–Trinajstić information content (AvgIpc) is 2.63. The van der Waals surface area contributed by atoms with Crippen LogP contribution in [-0.4, -0.2) is 29.7 Å². The van der Waals surface area contributed by atoms with Crippen LogP contribution in [0.4, 0.5) is 8.78 Å². The number of piperidine rings is 1. The van der Waals surface area contributed by atoms with Crippen LogP contribution in [0.3, 0.4) is 0 Å². The van der Waals surface area contributed by atoms with Crippen LogP contribution in [0, 0.1) is 17.6 Å². The molecule has 5 heteroatoms. The molecule has 1 heterocycles. The van der Waals surface area contributed by atoms with Crippen molar-refractivity contribution in [1.29, 1.82) is 0 Å². The summed E-state index contributed by atoms with van der Waals surface area (Å²) in [5, 5.41) is 0. The Kier molecular flexibility index (Phi) is 4.69. The Morgan fingerprint density at radius 2 is 1.75 bits per heavy atom. The van der Waals surface area contributed by atoms with Crippen molar-refractivity contribution in [2.45, 2.75) is 12.8 Å². The lowest BCUT2D eigenvalue weighted by Gasteiger charge is -2.32. The number of hydrogen-bond donors (Lipinski definition) is 0. The Balaban J connectivity index is 1.77. The molecule has 0 N–H and O–H groups in total. The topological polar surface area (TPSA) is 37.4 Å². The molecule has 1 unspecified atom stereocenters. The van der Waals surface area contributed by atoms with Gasteiger partial charge in [0.05, 0.1) is 5.56 Å². The van der Waals surface area contributed by atoms with Crippen molar-refractivity contribution in [3.8, 4) is 0 Å². The zero-order valence-electron chi connectivity index (χ0n) is 13.0. The lowest BCUT2D eigenvalue weighted by molar-refractivity contribution is 0.0632. The molecule has 0 aliphatic carbocycles. The quantitative estimate of drug-likeness (QED) is 0.805. The predicted octanol–water partition coefficient (Wildman–Crippen LogP) is 3.70. The van der Waals surface area contributed by atoms with E-state index in [2.05, 4.69) is 0 Å². The summed E-state index contributed by atoms with van der Waals surface area (Å²) in [7, 11) is 0. The van der Waals surface area contributed by atoms with E-state index in [4.69, 9.17) is 0 Å². The fourth-order valence-corrected chi connectivity index (χ4v) is 3.05. The van der Waals surface area contributed by atoms with Crippen LogP contribution in [0.2, 0.25) is 0 Å². The summed E-state index contributed by atoms with van der Waals surface area (Å²) in [5.41, 5.74) is 0.316. The minimum absolute atomic E-state index is 0.0205. The Morgan fingerprint density at radius 1 is 1.00 bits per heavy atom. The highest BCUT2D eigenvalue weighted by atomic mass is 19.2. The van der Waals surface area contributed by atoms with E-state index in [0.29, 0.717) is 24.9 Å². The summed E-state index contributed by atoms with van der Waals surface area (Å²) in [6.07, 6.45) is 1.34. The molecule has 1 aliphatic heterocycles. The molecule has 0 aromatic heterocycles.